The first kappa shape index (κ1) is 14.9. The van der Waals surface area contributed by atoms with Gasteiger partial charge in [0.2, 0.25) is 0 Å². The Balaban J connectivity index is 2.12. The number of anilines is 1. The van der Waals surface area contributed by atoms with Crippen LogP contribution in [0.1, 0.15) is 11.1 Å². The van der Waals surface area contributed by atoms with Gasteiger partial charge in [0.05, 0.1) is 12.1 Å². The second kappa shape index (κ2) is 5.66. The number of hydrogen-bond acceptors (Lipinski definition) is 3. The molecule has 0 aromatic heterocycles. The molecule has 0 fully saturated rings. The number of carbonyl (C=O) groups is 1. The molecule has 0 spiro atoms. The number of methoxy groups -OCH3 is 1. The summed E-state index contributed by atoms with van der Waals surface area (Å²) in [6, 6.07) is 8.77. The van der Waals surface area contributed by atoms with E-state index in [2.05, 4.69) is 21.2 Å². The van der Waals surface area contributed by atoms with E-state index >= 15 is 0 Å². The van der Waals surface area contributed by atoms with E-state index in [1.54, 1.807) is 18.2 Å². The molecular formula is C16H11BrClNO3. The number of amides is 1. The Bertz CT molecular complexity index is 817. The summed E-state index contributed by atoms with van der Waals surface area (Å²) >= 11 is 9.38. The SMILES string of the molecule is COc1cc(C=C2C(=O)Nc3ccc(Br)cc32)cc(Cl)c1O. The lowest BCUT2D eigenvalue weighted by molar-refractivity contribution is -0.110. The molecule has 0 saturated carbocycles. The molecule has 0 aliphatic carbocycles. The lowest BCUT2D eigenvalue weighted by Gasteiger charge is -2.07. The molecule has 0 unspecified atom stereocenters. The van der Waals surface area contributed by atoms with Gasteiger partial charge in [0, 0.05) is 21.3 Å². The van der Waals surface area contributed by atoms with Gasteiger partial charge in [0.15, 0.2) is 11.5 Å². The Kier molecular flexibility index (Phi) is 3.85. The van der Waals surface area contributed by atoms with E-state index in [4.69, 9.17) is 16.3 Å². The normalized spacial score (nSPS) is 14.9. The van der Waals surface area contributed by atoms with Crippen LogP contribution < -0.4 is 10.1 Å². The van der Waals surface area contributed by atoms with Crippen molar-refractivity contribution in [3.8, 4) is 11.5 Å². The van der Waals surface area contributed by atoms with Crippen LogP contribution in [0.3, 0.4) is 0 Å². The van der Waals surface area contributed by atoms with Gasteiger partial charge < -0.3 is 15.2 Å². The summed E-state index contributed by atoms with van der Waals surface area (Å²) < 4.78 is 5.96. The summed E-state index contributed by atoms with van der Waals surface area (Å²) in [5.74, 6) is -0.0474. The topological polar surface area (TPSA) is 58.6 Å². The summed E-state index contributed by atoms with van der Waals surface area (Å²) in [5, 5.41) is 12.7. The minimum atomic E-state index is -0.184. The second-order valence-corrected chi connectivity index (χ2v) is 6.08. The highest BCUT2D eigenvalue weighted by atomic mass is 79.9. The van der Waals surface area contributed by atoms with E-state index in [0.29, 0.717) is 11.1 Å². The number of halogens is 2. The Hall–Kier alpha value is -1.98. The molecule has 0 atom stereocenters. The number of aromatic hydroxyl groups is 1. The predicted octanol–water partition coefficient (Wildman–Crippen LogP) is 4.31. The van der Waals surface area contributed by atoms with Gasteiger partial charge >= 0.3 is 0 Å². The number of ether oxygens (including phenoxy) is 1. The monoisotopic (exact) mass is 379 g/mol. The van der Waals surface area contributed by atoms with Crippen LogP contribution in [0.5, 0.6) is 11.5 Å². The van der Waals surface area contributed by atoms with Crippen LogP contribution in [-0.2, 0) is 4.79 Å². The standard InChI is InChI=1S/C16H11BrClNO3/c1-22-14-6-8(5-12(18)15(14)20)4-11-10-7-9(17)2-3-13(10)19-16(11)21/h2-7,20H,1H3,(H,19,21). The van der Waals surface area contributed by atoms with Gasteiger partial charge in [-0.2, -0.15) is 0 Å². The lowest BCUT2D eigenvalue weighted by atomic mass is 10.0. The van der Waals surface area contributed by atoms with Gasteiger partial charge in [0.25, 0.3) is 5.91 Å². The number of nitrogens with one attached hydrogen (secondary N) is 1. The average molecular weight is 381 g/mol. The van der Waals surface area contributed by atoms with Crippen molar-refractivity contribution in [2.45, 2.75) is 0 Å². The fourth-order valence-corrected chi connectivity index (χ4v) is 2.88. The maximum absolute atomic E-state index is 12.1. The Morgan fingerprint density at radius 1 is 1.32 bits per heavy atom. The first-order chi connectivity index (χ1) is 10.5. The summed E-state index contributed by atoms with van der Waals surface area (Å²) in [7, 11) is 1.44. The Labute approximate surface area is 140 Å². The van der Waals surface area contributed by atoms with Crippen LogP contribution in [-0.4, -0.2) is 18.1 Å². The number of rotatable bonds is 2. The molecule has 6 heteroatoms. The highest BCUT2D eigenvalue weighted by Gasteiger charge is 2.24. The number of phenolic OH excluding ortho intramolecular Hbond substituents is 1. The van der Waals surface area contributed by atoms with Crippen LogP contribution in [0.2, 0.25) is 5.02 Å². The minimum absolute atomic E-state index is 0.120. The van der Waals surface area contributed by atoms with Crippen molar-refractivity contribution < 1.29 is 14.6 Å². The molecule has 4 nitrogen and oxygen atoms in total. The van der Waals surface area contributed by atoms with Crippen LogP contribution in [0.4, 0.5) is 5.69 Å². The predicted molar refractivity (Wildman–Crippen MR) is 90.3 cm³/mol. The molecule has 22 heavy (non-hydrogen) atoms. The smallest absolute Gasteiger partial charge is 0.256 e. The van der Waals surface area contributed by atoms with Crippen molar-refractivity contribution in [2.24, 2.45) is 0 Å². The minimum Gasteiger partial charge on any atom is -0.503 e. The highest BCUT2D eigenvalue weighted by Crippen LogP contribution is 2.38. The quantitative estimate of drug-likeness (QED) is 0.763. The van der Waals surface area contributed by atoms with Crippen molar-refractivity contribution in [3.63, 3.8) is 0 Å². The molecule has 1 heterocycles. The molecule has 112 valence electrons. The molecule has 2 aromatic rings. The zero-order chi connectivity index (χ0) is 15.9. The number of phenols is 1. The Morgan fingerprint density at radius 3 is 2.82 bits per heavy atom. The van der Waals surface area contributed by atoms with Crippen molar-refractivity contribution in [3.05, 3.63) is 51.0 Å². The van der Waals surface area contributed by atoms with E-state index in [1.165, 1.54) is 7.11 Å². The third-order valence-corrected chi connectivity index (χ3v) is 4.13. The summed E-state index contributed by atoms with van der Waals surface area (Å²) in [4.78, 5) is 12.1. The van der Waals surface area contributed by atoms with E-state index < -0.39 is 0 Å². The van der Waals surface area contributed by atoms with Crippen LogP contribution in [0.25, 0.3) is 11.6 Å². The van der Waals surface area contributed by atoms with Crippen molar-refractivity contribution in [2.75, 3.05) is 12.4 Å². The van der Waals surface area contributed by atoms with E-state index in [0.717, 1.165) is 15.7 Å². The zero-order valence-electron chi connectivity index (χ0n) is 11.5. The number of fused-ring (bicyclic) bond motifs is 1. The van der Waals surface area contributed by atoms with E-state index in [9.17, 15) is 9.90 Å². The molecule has 1 amide bonds. The largest absolute Gasteiger partial charge is 0.503 e. The number of hydrogen-bond donors (Lipinski definition) is 2. The first-order valence-corrected chi connectivity index (χ1v) is 7.56. The molecule has 0 saturated heterocycles. The maximum Gasteiger partial charge on any atom is 0.256 e. The lowest BCUT2D eigenvalue weighted by Crippen LogP contribution is -2.03. The molecule has 2 aromatic carbocycles. The number of carbonyl (C=O) groups excluding carboxylic acids is 1. The summed E-state index contributed by atoms with van der Waals surface area (Å²) in [6.45, 7) is 0. The van der Waals surface area contributed by atoms with Crippen molar-refractivity contribution in [1.29, 1.82) is 0 Å². The van der Waals surface area contributed by atoms with Gasteiger partial charge in [0.1, 0.15) is 0 Å². The molecule has 3 rings (SSSR count). The maximum atomic E-state index is 12.1. The van der Waals surface area contributed by atoms with E-state index in [-0.39, 0.29) is 22.4 Å². The fourth-order valence-electron chi connectivity index (χ4n) is 2.30. The van der Waals surface area contributed by atoms with Gasteiger partial charge in [-0.25, -0.2) is 0 Å². The highest BCUT2D eigenvalue weighted by molar-refractivity contribution is 9.10. The van der Waals surface area contributed by atoms with Crippen LogP contribution in [0, 0.1) is 0 Å². The molecule has 1 aliphatic heterocycles. The Morgan fingerprint density at radius 2 is 2.09 bits per heavy atom. The zero-order valence-corrected chi connectivity index (χ0v) is 13.8. The molecule has 0 bridgehead atoms. The molecule has 2 N–H and O–H groups in total. The van der Waals surface area contributed by atoms with Gasteiger partial charge in [-0.15, -0.1) is 0 Å². The van der Waals surface area contributed by atoms with Gasteiger partial charge in [-0.3, -0.25) is 4.79 Å². The second-order valence-electron chi connectivity index (χ2n) is 4.76. The third-order valence-electron chi connectivity index (χ3n) is 3.35. The number of benzene rings is 2. The summed E-state index contributed by atoms with van der Waals surface area (Å²) in [5.41, 5.74) is 2.76. The van der Waals surface area contributed by atoms with Gasteiger partial charge in [-0.1, -0.05) is 27.5 Å². The third kappa shape index (κ3) is 2.58. The first-order valence-electron chi connectivity index (χ1n) is 6.39. The molecular weight excluding hydrogens is 370 g/mol. The van der Waals surface area contributed by atoms with Gasteiger partial charge in [-0.05, 0) is 42.0 Å². The molecule has 0 radical (unpaired) electrons. The average Bonchev–Trinajstić information content (AvgIpc) is 2.78. The fraction of sp³-hybridized carbons (Fsp3) is 0.0625. The van der Waals surface area contributed by atoms with Crippen LogP contribution >= 0.6 is 27.5 Å². The molecule has 1 aliphatic rings. The van der Waals surface area contributed by atoms with Crippen molar-refractivity contribution in [1.82, 2.24) is 0 Å². The van der Waals surface area contributed by atoms with Crippen molar-refractivity contribution >= 4 is 50.8 Å². The van der Waals surface area contributed by atoms with Crippen LogP contribution in [0.15, 0.2) is 34.8 Å². The summed E-state index contributed by atoms with van der Waals surface area (Å²) in [6.07, 6.45) is 1.71. The van der Waals surface area contributed by atoms with E-state index in [1.807, 2.05) is 18.2 Å².